The van der Waals surface area contributed by atoms with Gasteiger partial charge < -0.3 is 68.3 Å². The Bertz CT molecular complexity index is 6440. The molecule has 2 bridgehead atoms. The number of aryl methyl sites for hydroxylation is 1. The number of imidazole rings is 1. The van der Waals surface area contributed by atoms with Crippen LogP contribution in [0.1, 0.15) is 94.5 Å². The number of aromatic nitrogens is 4. The van der Waals surface area contributed by atoms with Crippen LogP contribution in [0.4, 0.5) is 23.0 Å². The summed E-state index contributed by atoms with van der Waals surface area (Å²) in [7, 11) is 2.16. The van der Waals surface area contributed by atoms with E-state index in [4.69, 9.17) is 69.4 Å². The number of nitrogens with one attached hydrogen (secondary N) is 3. The van der Waals surface area contributed by atoms with Crippen LogP contribution in [0.5, 0.6) is 0 Å². The van der Waals surface area contributed by atoms with Gasteiger partial charge in [0.1, 0.15) is 64.3 Å². The Kier molecular flexibility index (Phi) is 37.2. The van der Waals surface area contributed by atoms with Gasteiger partial charge in [0, 0.05) is 142 Å². The Labute approximate surface area is 813 Å². The van der Waals surface area contributed by atoms with Crippen molar-refractivity contribution in [1.82, 2.24) is 54.8 Å². The highest BCUT2D eigenvalue weighted by Crippen LogP contribution is 2.38. The number of non-ortho nitro benzene ring substituents is 1. The normalized spacial score (nSPS) is 16.1. The number of hydrogen-bond donors (Lipinski definition) is 7. The van der Waals surface area contributed by atoms with E-state index in [0.29, 0.717) is 88.2 Å². The van der Waals surface area contributed by atoms with Gasteiger partial charge in [-0.15, -0.1) is 11.8 Å². The maximum atomic E-state index is 13.6. The Balaban J connectivity index is 0.000000171. The monoisotopic (exact) mass is 1980 g/mol. The summed E-state index contributed by atoms with van der Waals surface area (Å²) < 4.78 is 43.2. The SMILES string of the molecule is CCCOC(=O)c1cc(-c2ccc(/C=C3\C(=O)N(CCCO)C(=O)C(C#N)=C3C)o2)ccc1Cl.CN(C)CCCN1CCN(c2cc3c(ncn3Cc3ccc([N+](=O)[O-])cc3)c(N(C)CC(=O)O)n2)CC1.Cc1ccc(C(=O)N/C(=C\c2ccco2)C(=O)N2CC3CC(C2)c2cccc(=O)n2C3)cc1.O=C(CS(=O)(=O)c1ccc(Cl)cc1)NO.O=C(O)CSCC1NC(=S)N(c2ccccc2)C1=O. The molecule has 10 heterocycles. The first-order chi connectivity index (χ1) is 66.0. The number of likely N-dealkylation sites (tertiary alicyclic amines) is 1. The molecule has 5 aromatic heterocycles. The first-order valence-corrected chi connectivity index (χ1v) is 47.6. The number of nitro benzene ring substituents is 1. The molecule has 0 spiro atoms. The number of hydroxylamine groups is 1. The number of aliphatic hydroxyl groups excluding tert-OH is 1. The highest BCUT2D eigenvalue weighted by Gasteiger charge is 2.40. The Morgan fingerprint density at radius 3 is 2.20 bits per heavy atom. The fourth-order valence-corrected chi connectivity index (χ4v) is 18.0. The second-order valence-corrected chi connectivity index (χ2v) is 37.0. The van der Waals surface area contributed by atoms with Crippen LogP contribution in [0, 0.1) is 34.3 Å². The lowest BCUT2D eigenvalue weighted by Crippen LogP contribution is -2.50. The molecular formula is C96H102Cl2N16O21S3. The van der Waals surface area contributed by atoms with Crippen molar-refractivity contribution in [1.29, 1.82) is 5.26 Å². The largest absolute Gasteiger partial charge is 0.481 e. The highest BCUT2D eigenvalue weighted by atomic mass is 35.5. The quantitative estimate of drug-likeness (QED) is 0.00403. The number of furan rings is 2. The molecule has 0 radical (unpaired) electrons. The number of likely N-dealkylation sites (N-methyl/N-ethyl adjacent to an activating group) is 1. The van der Waals surface area contributed by atoms with Crippen LogP contribution >= 0.6 is 47.2 Å². The number of rotatable bonds is 31. The topological polar surface area (TPSA) is 483 Å². The first-order valence-electron chi connectivity index (χ1n) is 43.6. The number of nitrogens with zero attached hydrogens (tertiary/aromatic N) is 13. The zero-order valence-electron chi connectivity index (χ0n) is 76.1. The minimum atomic E-state index is -3.72. The molecule has 10 aromatic rings. The van der Waals surface area contributed by atoms with Crippen LogP contribution in [0.15, 0.2) is 223 Å². The number of aliphatic hydroxyl groups is 1. The average molecular weight is 1980 g/mol. The zero-order chi connectivity index (χ0) is 99.6. The van der Waals surface area contributed by atoms with Crippen LogP contribution < -0.4 is 36.4 Å². The van der Waals surface area contributed by atoms with Gasteiger partial charge in [-0.05, 0) is 199 Å². The minimum absolute atomic E-state index is 0.00491. The number of thiocarbonyl (C=S) groups is 1. The summed E-state index contributed by atoms with van der Waals surface area (Å²) in [5.74, 6) is -2.98. The predicted molar refractivity (Wildman–Crippen MR) is 522 cm³/mol. The number of pyridine rings is 2. The summed E-state index contributed by atoms with van der Waals surface area (Å²) >= 11 is 18.1. The number of carbonyl (C=O) groups excluding carboxylic acids is 7. The maximum Gasteiger partial charge on any atom is 0.339 e. The summed E-state index contributed by atoms with van der Waals surface area (Å²) in [5, 5.41) is 62.4. The van der Waals surface area contributed by atoms with E-state index in [1.165, 1.54) is 77.8 Å². The Hall–Kier alpha value is -14.0. The van der Waals surface area contributed by atoms with E-state index < -0.39 is 62.2 Å². The van der Waals surface area contributed by atoms with Gasteiger partial charge in [-0.2, -0.15) is 5.26 Å². The van der Waals surface area contributed by atoms with Crippen LogP contribution in [0.3, 0.4) is 0 Å². The van der Waals surface area contributed by atoms with Crippen molar-refractivity contribution in [3.8, 4) is 17.4 Å². The number of carboxylic acid groups (broad SMARTS) is 2. The molecule has 15 rings (SSSR count). The van der Waals surface area contributed by atoms with Crippen molar-refractivity contribution in [2.24, 2.45) is 5.92 Å². The third-order valence-electron chi connectivity index (χ3n) is 22.3. The molecule has 5 aromatic carbocycles. The lowest BCUT2D eigenvalue weighted by molar-refractivity contribution is -0.384. The second kappa shape index (κ2) is 49.1. The molecule has 3 unspecified atom stereocenters. The number of hydrogen-bond acceptors (Lipinski definition) is 28. The average Bonchev–Trinajstić information content (AvgIpc) is 1.51. The van der Waals surface area contributed by atoms with E-state index in [-0.39, 0.29) is 117 Å². The van der Waals surface area contributed by atoms with E-state index in [9.17, 15) is 76.8 Å². The zero-order valence-corrected chi connectivity index (χ0v) is 80.0. The number of esters is 1. The molecule has 5 aliphatic rings. The van der Waals surface area contributed by atoms with Gasteiger partial charge >= 0.3 is 17.9 Å². The van der Waals surface area contributed by atoms with Gasteiger partial charge in [0.05, 0.1) is 56.6 Å². The molecule has 138 heavy (non-hydrogen) atoms. The van der Waals surface area contributed by atoms with Crippen LogP contribution in [0.2, 0.25) is 10.0 Å². The number of carboxylic acids is 2. The number of anilines is 3. The number of imide groups is 1. The Morgan fingerprint density at radius 2 is 1.55 bits per heavy atom. The lowest BCUT2D eigenvalue weighted by atomic mass is 9.83. The molecule has 7 N–H and O–H groups in total. The fourth-order valence-electron chi connectivity index (χ4n) is 15.5. The number of thioether (sulfide) groups is 1. The van der Waals surface area contributed by atoms with Gasteiger partial charge in [-0.3, -0.25) is 73.2 Å². The van der Waals surface area contributed by atoms with E-state index in [1.807, 2.05) is 71.5 Å². The van der Waals surface area contributed by atoms with E-state index in [2.05, 4.69) is 44.4 Å². The second-order valence-electron chi connectivity index (χ2n) is 32.7. The molecule has 42 heteroatoms. The molecule has 3 atom stereocenters. The molecule has 3 saturated heterocycles. The van der Waals surface area contributed by atoms with E-state index in [0.717, 1.165) is 90.9 Å². The van der Waals surface area contributed by atoms with Crippen molar-refractivity contribution in [2.75, 3.05) is 132 Å². The number of piperidine rings is 1. The number of carbonyl (C=O) groups is 9. The molecule has 37 nitrogen and oxygen atoms in total. The molecule has 3 fully saturated rings. The number of para-hydroxylation sites is 1. The van der Waals surface area contributed by atoms with E-state index >= 15 is 0 Å². The number of nitro groups is 1. The van der Waals surface area contributed by atoms with E-state index in [1.54, 1.807) is 120 Å². The summed E-state index contributed by atoms with van der Waals surface area (Å²) in [6.07, 6.45) is 9.22. The maximum absolute atomic E-state index is 13.6. The van der Waals surface area contributed by atoms with Gasteiger partial charge in [0.2, 0.25) is 0 Å². The number of piperazine rings is 1. The van der Waals surface area contributed by atoms with Crippen molar-refractivity contribution in [2.45, 2.75) is 76.4 Å². The number of aliphatic carboxylic acids is 2. The third-order valence-corrected chi connectivity index (χ3v) is 25.9. The standard InChI is InChI=1S/C26H25N3O4.C25H23ClN2O6.C25H34N8O4.C12H12N2O3S2.C8H8ClNO4S/c1-17-7-9-19(10-8-17)25(31)27-22(13-21-4-3-11-33-21)26(32)28-14-18-12-20(16-28)23-5-2-6-24(30)29(23)15-18;1-3-11-33-25(32)19-12-16(5-7-21(19)26)22-8-6-17(34-22)13-18-15(2)20(14-27)24(31)28(23(18)30)9-4-10-29;1-28(2)9-4-10-30-11-13-31(14-12-30)22-15-21-24(25(27-22)29(3)17-23(34)35)26-18-32(21)16-19-5-7-20(8-6-19)33(36)37;15-10(16)7-19-6-9-11(17)14(12(18)13-9)8-4-2-1-3-5-8;9-6-1-3-7(4-2-6)15(13,14)5-8(11)10-12/h2-11,13,18,20H,12,14-16H2,1H3,(H,27,31);5-8,12-13,29H,3-4,9-11H2,1-2H3;5-8,15,18H,4,9-14,16-17H2,1-3H3,(H,34,35);1-5,9H,6-7H2,(H,13,18)(H,15,16);1-4,12H,5H2,(H,10,11)/b22-13-;18-13-;;;. The number of halogens is 2. The van der Waals surface area contributed by atoms with Gasteiger partial charge in [0.15, 0.2) is 20.8 Å². The number of ether oxygens (including phenoxy) is 1. The molecule has 6 amide bonds. The van der Waals surface area contributed by atoms with Crippen molar-refractivity contribution in [3.05, 3.63) is 275 Å². The van der Waals surface area contributed by atoms with Gasteiger partial charge in [-0.1, -0.05) is 84.2 Å². The van der Waals surface area contributed by atoms with Crippen LogP contribution in [-0.4, -0.2) is 254 Å². The van der Waals surface area contributed by atoms with Crippen LogP contribution in [-0.2, 0) is 61.2 Å². The predicted octanol–water partition coefficient (Wildman–Crippen LogP) is 11.0. The molecular weight excluding hydrogens is 1880 g/mol. The third kappa shape index (κ3) is 27.9. The number of sulfone groups is 1. The number of nitriles is 1. The molecule has 724 valence electrons. The van der Waals surface area contributed by atoms with Gasteiger partial charge in [-0.25, -0.2) is 28.7 Å². The summed E-state index contributed by atoms with van der Waals surface area (Å²) in [6.45, 7) is 13.0. The number of fused-ring (bicyclic) bond motifs is 5. The smallest absolute Gasteiger partial charge is 0.339 e. The minimum Gasteiger partial charge on any atom is -0.481 e. The lowest BCUT2D eigenvalue weighted by Gasteiger charge is -2.42. The first kappa shape index (κ1) is 104. The summed E-state index contributed by atoms with van der Waals surface area (Å²) in [5.41, 5.74) is 8.10. The highest BCUT2D eigenvalue weighted by molar-refractivity contribution is 8.00. The molecule has 0 aliphatic carbocycles. The fraction of sp³-hybridized carbons (Fsp3) is 0.312. The van der Waals surface area contributed by atoms with Crippen molar-refractivity contribution >= 4 is 162 Å². The Morgan fingerprint density at radius 1 is 0.826 bits per heavy atom. The number of amides is 6. The van der Waals surface area contributed by atoms with Gasteiger partial charge in [0.25, 0.3) is 46.7 Å². The summed E-state index contributed by atoms with van der Waals surface area (Å²) in [4.78, 5) is 154. The summed E-state index contributed by atoms with van der Waals surface area (Å²) in [6, 6.07) is 48.5. The van der Waals surface area contributed by atoms with Crippen molar-refractivity contribution < 1.29 is 90.6 Å². The molecule has 5 aliphatic heterocycles. The van der Waals surface area contributed by atoms with Crippen molar-refractivity contribution in [3.63, 3.8) is 0 Å². The number of benzene rings is 5. The van der Waals surface area contributed by atoms with Crippen LogP contribution in [0.25, 0.3) is 34.5 Å². The molecule has 0 saturated carbocycles.